The maximum absolute atomic E-state index is 12.7. The van der Waals surface area contributed by atoms with Gasteiger partial charge in [-0.05, 0) is 38.1 Å². The highest BCUT2D eigenvalue weighted by molar-refractivity contribution is 7.21. The van der Waals surface area contributed by atoms with Gasteiger partial charge in [0.25, 0.3) is 0 Å². The van der Waals surface area contributed by atoms with Crippen LogP contribution in [-0.4, -0.2) is 89.6 Å². The lowest BCUT2D eigenvalue weighted by atomic mass is 10.2. The van der Waals surface area contributed by atoms with Gasteiger partial charge in [-0.3, -0.25) is 4.79 Å². The molecule has 0 fully saturated rings. The van der Waals surface area contributed by atoms with Crippen LogP contribution in [-0.2, 0) is 4.74 Å². The van der Waals surface area contributed by atoms with Crippen LogP contribution in [0.25, 0.3) is 42.3 Å². The summed E-state index contributed by atoms with van der Waals surface area (Å²) in [4.78, 5) is 43.4. The van der Waals surface area contributed by atoms with Gasteiger partial charge >= 0.3 is 5.97 Å². The summed E-state index contributed by atoms with van der Waals surface area (Å²) in [7, 11) is 1.25. The smallest absolute Gasteiger partial charge is 0.343 e. The van der Waals surface area contributed by atoms with E-state index in [1.54, 1.807) is 19.9 Å². The maximum atomic E-state index is 12.7. The zero-order valence-electron chi connectivity index (χ0n) is 31.4. The Hall–Kier alpha value is -7.96. The molecule has 0 bridgehead atoms. The van der Waals surface area contributed by atoms with Crippen molar-refractivity contribution in [3.05, 3.63) is 95.8 Å². The summed E-state index contributed by atoms with van der Waals surface area (Å²) in [6.07, 6.45) is 3.91. The molecule has 0 aliphatic heterocycles. The summed E-state index contributed by atoms with van der Waals surface area (Å²) in [5, 5.41) is 45.9. The fraction of sp³-hybridized carbons (Fsp3) is 0.111. The van der Waals surface area contributed by atoms with E-state index in [2.05, 4.69) is 60.8 Å². The first-order valence-electron chi connectivity index (χ1n) is 17.6. The molecule has 7 heterocycles. The number of hydrogen-bond acceptors (Lipinski definition) is 20. The minimum Gasteiger partial charge on any atom is -0.465 e. The van der Waals surface area contributed by atoms with Crippen LogP contribution in [0.1, 0.15) is 32.1 Å². The number of nitrogens with zero attached hydrogens (tertiary/aromatic N) is 16. The third kappa shape index (κ3) is 6.50. The first-order valence-corrected chi connectivity index (χ1v) is 19.2. The van der Waals surface area contributed by atoms with E-state index in [0.29, 0.717) is 21.7 Å². The molecule has 0 radical (unpaired) electrons. The number of fused-ring (bicyclic) bond motifs is 2. The lowest BCUT2D eigenvalue weighted by Crippen LogP contribution is -2.09. The van der Waals surface area contributed by atoms with E-state index in [1.165, 1.54) is 67.2 Å². The van der Waals surface area contributed by atoms with Gasteiger partial charge in [0, 0.05) is 6.07 Å². The lowest BCUT2D eigenvalue weighted by molar-refractivity contribution is 0.0601. The monoisotopic (exact) mass is 840 g/mol. The van der Waals surface area contributed by atoms with Crippen molar-refractivity contribution in [2.45, 2.75) is 13.8 Å². The molecule has 0 atom stereocenters. The highest BCUT2D eigenvalue weighted by Crippen LogP contribution is 2.36. The zero-order valence-corrected chi connectivity index (χ0v) is 33.1. The lowest BCUT2D eigenvalue weighted by Gasteiger charge is -2.06. The van der Waals surface area contributed by atoms with E-state index in [-0.39, 0.29) is 57.4 Å². The number of aryl methyl sites for hydroxylation is 2. The van der Waals surface area contributed by atoms with Gasteiger partial charge in [-0.1, -0.05) is 46.9 Å². The number of methoxy groups -OCH3 is 1. The molecule has 24 heteroatoms. The van der Waals surface area contributed by atoms with Crippen LogP contribution in [0.5, 0.6) is 0 Å². The summed E-state index contributed by atoms with van der Waals surface area (Å²) in [6.45, 7) is 2.60. The number of azo groups is 2. The van der Waals surface area contributed by atoms with Crippen LogP contribution >= 0.6 is 22.7 Å². The Morgan fingerprint density at radius 2 is 1.20 bits per heavy atom. The summed E-state index contributed by atoms with van der Waals surface area (Å²) in [5.41, 5.74) is 15.9. The second kappa shape index (κ2) is 15.1. The van der Waals surface area contributed by atoms with Crippen LogP contribution in [0.2, 0.25) is 0 Å². The average molecular weight is 841 g/mol. The number of carbonyl (C=O) groups excluding carboxylic acids is 2. The van der Waals surface area contributed by atoms with Gasteiger partial charge in [-0.2, -0.15) is 39.1 Å². The third-order valence-electron chi connectivity index (χ3n) is 8.95. The first kappa shape index (κ1) is 37.6. The van der Waals surface area contributed by atoms with E-state index < -0.39 is 18.4 Å². The Labute approximate surface area is 344 Å². The highest BCUT2D eigenvalue weighted by atomic mass is 32.1. The number of ether oxygens (including phenoxy) is 1. The van der Waals surface area contributed by atoms with Crippen molar-refractivity contribution < 1.29 is 19.4 Å². The maximum Gasteiger partial charge on any atom is 0.343 e. The fourth-order valence-electron chi connectivity index (χ4n) is 6.03. The van der Waals surface area contributed by atoms with Crippen LogP contribution in [0.3, 0.4) is 0 Å². The Kier molecular flexibility index (Phi) is 9.46. The quantitative estimate of drug-likeness (QED) is 0.0763. The minimum absolute atomic E-state index is 0.0401. The van der Waals surface area contributed by atoms with Gasteiger partial charge in [0.1, 0.15) is 18.5 Å². The summed E-state index contributed by atoms with van der Waals surface area (Å²) >= 11 is 2.70. The number of aliphatic hydroxyl groups is 1. The van der Waals surface area contributed by atoms with Crippen LogP contribution < -0.4 is 11.5 Å². The summed E-state index contributed by atoms with van der Waals surface area (Å²) in [6, 6.07) is 16.6. The number of rotatable bonds is 11. The molecule has 298 valence electrons. The number of para-hydroxylation sites is 2. The van der Waals surface area contributed by atoms with Crippen molar-refractivity contribution in [1.82, 2.24) is 59.1 Å². The number of aromatic nitrogens is 12. The Morgan fingerprint density at radius 3 is 1.68 bits per heavy atom. The van der Waals surface area contributed by atoms with Gasteiger partial charge in [0.2, 0.25) is 10.3 Å². The number of anilines is 2. The predicted molar refractivity (Wildman–Crippen MR) is 219 cm³/mol. The fourth-order valence-corrected chi connectivity index (χ4v) is 7.88. The van der Waals surface area contributed by atoms with Crippen molar-refractivity contribution in [3.63, 3.8) is 0 Å². The number of ketones is 1. The Morgan fingerprint density at radius 1 is 0.717 bits per heavy atom. The van der Waals surface area contributed by atoms with E-state index in [0.717, 1.165) is 20.4 Å². The molecule has 0 aliphatic carbocycles. The number of thiazole rings is 2. The molecule has 0 unspecified atom stereocenters. The molecule has 7 aromatic heterocycles. The van der Waals surface area contributed by atoms with Crippen molar-refractivity contribution in [1.29, 1.82) is 0 Å². The van der Waals surface area contributed by atoms with Gasteiger partial charge in [0.15, 0.2) is 52.1 Å². The molecule has 22 nitrogen and oxygen atoms in total. The second-order valence-electron chi connectivity index (χ2n) is 12.7. The summed E-state index contributed by atoms with van der Waals surface area (Å²) in [5.74, 6) is -0.548. The van der Waals surface area contributed by atoms with Crippen molar-refractivity contribution in [3.8, 4) is 21.9 Å². The van der Waals surface area contributed by atoms with Crippen molar-refractivity contribution in [2.24, 2.45) is 20.5 Å². The second-order valence-corrected chi connectivity index (χ2v) is 14.7. The largest absolute Gasteiger partial charge is 0.465 e. The third-order valence-corrected chi connectivity index (χ3v) is 11.0. The SMILES string of the molecule is COC(=O)c1cnn(-c2nc3ccccc3s2)c1/N=N/c1c(C)nn(-c2cc(-n3nc(C)c(/N=N/c4c(C(=O)CO)cnn4-c4nc5ccccc5s4)c3N)ncn2)c1N. The number of esters is 1. The Bertz CT molecular complexity index is 2930. The number of nitrogen functional groups attached to an aromatic ring is 2. The molecular formula is C36H28N18O4S2. The molecule has 9 aromatic rings. The number of Topliss-reactive ketones (excluding diaryl/α,β-unsaturated/α-hetero) is 1. The number of nitrogens with two attached hydrogens (primary N) is 2. The van der Waals surface area contributed by atoms with E-state index in [1.807, 2.05) is 48.5 Å². The molecule has 9 rings (SSSR count). The number of benzene rings is 2. The van der Waals surface area contributed by atoms with E-state index in [4.69, 9.17) is 16.2 Å². The zero-order chi connectivity index (χ0) is 41.7. The van der Waals surface area contributed by atoms with Gasteiger partial charge < -0.3 is 21.3 Å². The predicted octanol–water partition coefficient (Wildman–Crippen LogP) is 6.01. The van der Waals surface area contributed by atoms with Gasteiger partial charge in [0.05, 0.1) is 56.9 Å². The minimum atomic E-state index is -0.763. The van der Waals surface area contributed by atoms with Gasteiger partial charge in [-0.25, -0.2) is 24.7 Å². The molecule has 5 N–H and O–H groups in total. The standard InChI is InChI=1S/C36H28N18O4S2/c1-17-28(45-47-32-19(23(56)15-55)13-41-53(32)35-43-21-8-4-6-10-24(21)59-35)30(37)51(49-17)26-12-27(40-16-39-26)52-31(38)29(18(2)50-52)46-48-33-20(34(57)58-3)14-42-54(33)36-44-22-9-5-7-11-25(22)60-36/h4-14,16,55H,15,37-38H2,1-3H3/b47-45+,48-46+. The van der Waals surface area contributed by atoms with Crippen molar-refractivity contribution >= 4 is 89.5 Å². The molecule has 0 saturated carbocycles. The number of hydrogen-bond donors (Lipinski definition) is 3. The molecule has 2 aromatic carbocycles. The molecule has 60 heavy (non-hydrogen) atoms. The molecule has 0 saturated heterocycles. The van der Waals surface area contributed by atoms with E-state index in [9.17, 15) is 14.7 Å². The highest BCUT2D eigenvalue weighted by Gasteiger charge is 2.24. The molecule has 0 aliphatic rings. The number of carbonyl (C=O) groups is 2. The van der Waals surface area contributed by atoms with Crippen LogP contribution in [0.4, 0.5) is 34.6 Å². The van der Waals surface area contributed by atoms with Crippen LogP contribution in [0.15, 0.2) is 93.8 Å². The normalized spacial score (nSPS) is 11.9. The topological polar surface area (TPSA) is 288 Å². The van der Waals surface area contributed by atoms with Crippen molar-refractivity contribution in [2.75, 3.05) is 25.2 Å². The Balaban J connectivity index is 1.03. The van der Waals surface area contributed by atoms with E-state index >= 15 is 0 Å². The average Bonchev–Trinajstić information content (AvgIpc) is 4.12. The molecule has 0 amide bonds. The first-order chi connectivity index (χ1) is 29.1. The molecular weight excluding hydrogens is 813 g/mol. The molecule has 0 spiro atoms. The van der Waals surface area contributed by atoms with Gasteiger partial charge in [-0.15, -0.1) is 20.5 Å². The van der Waals surface area contributed by atoms with Crippen LogP contribution in [0, 0.1) is 13.8 Å². The number of aliphatic hydroxyl groups excluding tert-OH is 1. The summed E-state index contributed by atoms with van der Waals surface area (Å²) < 4.78 is 12.3.